The largest absolute Gasteiger partial charge is 0.504 e. The van der Waals surface area contributed by atoms with Gasteiger partial charge in [0.25, 0.3) is 0 Å². The number of nitrogens with zero attached hydrogens (tertiary/aromatic N) is 2. The fourth-order valence-corrected chi connectivity index (χ4v) is 6.04. The molecule has 0 radical (unpaired) electrons. The minimum absolute atomic E-state index is 0.0263. The van der Waals surface area contributed by atoms with Gasteiger partial charge < -0.3 is 18.9 Å². The van der Waals surface area contributed by atoms with Crippen LogP contribution in [0.2, 0.25) is 0 Å². The first-order chi connectivity index (χ1) is 16.5. The Labute approximate surface area is 203 Å². The quantitative estimate of drug-likeness (QED) is 0.227. The van der Waals surface area contributed by atoms with Crippen LogP contribution in [0.5, 0.6) is 5.75 Å². The summed E-state index contributed by atoms with van der Waals surface area (Å²) in [5.74, 6) is 0.871. The number of aliphatic imine (C=N–C) groups is 1. The van der Waals surface area contributed by atoms with Crippen LogP contribution >= 0.6 is 0 Å². The number of carbonyl (C=O) groups excluding carboxylic acids is 1. The van der Waals surface area contributed by atoms with E-state index in [1.165, 1.54) is 7.11 Å². The molecule has 0 N–H and O–H groups in total. The summed E-state index contributed by atoms with van der Waals surface area (Å²) in [5, 5.41) is 0. The SMILES string of the molecule is CCCCO[C@]12CCN3C[C@@H](CC)[C@@H](/C(=C\OC)C(=O)OC)C[C@H]3C1=Nc1cccc(OC)c12. The Bertz CT molecular complexity index is 958. The van der Waals surface area contributed by atoms with Crippen molar-refractivity contribution in [2.24, 2.45) is 16.8 Å². The first-order valence-electron chi connectivity index (χ1n) is 12.5. The molecule has 0 aromatic heterocycles. The molecule has 7 nitrogen and oxygen atoms in total. The molecular weight excluding hydrogens is 432 g/mol. The van der Waals surface area contributed by atoms with E-state index in [0.29, 0.717) is 18.1 Å². The standard InChI is InChI=1S/C27H38N2O5/c1-6-8-14-34-27-12-13-29-16-18(7-2)19(20(17-31-3)26(30)33-5)15-22(29)25(27)28-21-10-9-11-23(32-4)24(21)27/h9-11,17-19,22H,6-8,12-16H2,1-5H3/b20-17+/t18-,19+,22+,27+/m1/s1. The maximum atomic E-state index is 12.7. The van der Waals surface area contributed by atoms with E-state index >= 15 is 0 Å². The summed E-state index contributed by atoms with van der Waals surface area (Å²) in [6.45, 7) is 6.86. The third-order valence-electron chi connectivity index (χ3n) is 7.74. The fourth-order valence-electron chi connectivity index (χ4n) is 6.04. The number of piperidine rings is 2. The van der Waals surface area contributed by atoms with E-state index in [4.69, 9.17) is 23.9 Å². The number of rotatable bonds is 9. The molecule has 186 valence electrons. The van der Waals surface area contributed by atoms with Crippen molar-refractivity contribution in [1.29, 1.82) is 0 Å². The lowest BCUT2D eigenvalue weighted by Crippen LogP contribution is -2.61. The smallest absolute Gasteiger partial charge is 0.337 e. The summed E-state index contributed by atoms with van der Waals surface area (Å²) in [4.78, 5) is 20.4. The summed E-state index contributed by atoms with van der Waals surface area (Å²) in [6.07, 6.45) is 6.23. The molecule has 1 aromatic rings. The van der Waals surface area contributed by atoms with E-state index < -0.39 is 5.60 Å². The second-order valence-electron chi connectivity index (χ2n) is 9.45. The first-order valence-corrected chi connectivity index (χ1v) is 12.5. The Kier molecular flexibility index (Phi) is 7.63. The predicted molar refractivity (Wildman–Crippen MR) is 132 cm³/mol. The van der Waals surface area contributed by atoms with Crippen molar-refractivity contribution in [3.05, 3.63) is 35.6 Å². The van der Waals surface area contributed by atoms with Crippen LogP contribution in [-0.2, 0) is 24.6 Å². The summed E-state index contributed by atoms with van der Waals surface area (Å²) in [7, 11) is 4.72. The molecule has 1 aromatic carbocycles. The van der Waals surface area contributed by atoms with Crippen LogP contribution in [-0.4, -0.2) is 63.6 Å². The number of benzene rings is 1. The van der Waals surface area contributed by atoms with Gasteiger partial charge in [-0.1, -0.05) is 32.8 Å². The Morgan fingerprint density at radius 3 is 2.76 bits per heavy atom. The van der Waals surface area contributed by atoms with Crippen LogP contribution < -0.4 is 4.74 Å². The number of hydrogen-bond donors (Lipinski definition) is 0. The van der Waals surface area contributed by atoms with Gasteiger partial charge in [-0.3, -0.25) is 9.89 Å². The van der Waals surface area contributed by atoms with Crippen LogP contribution in [0.4, 0.5) is 5.69 Å². The molecule has 0 aliphatic carbocycles. The van der Waals surface area contributed by atoms with Crippen molar-refractivity contribution < 1.29 is 23.7 Å². The van der Waals surface area contributed by atoms with E-state index in [0.717, 1.165) is 67.9 Å². The first kappa shape index (κ1) is 24.7. The number of ether oxygens (including phenoxy) is 4. The number of esters is 1. The topological polar surface area (TPSA) is 69.6 Å². The van der Waals surface area contributed by atoms with Gasteiger partial charge in [0.05, 0.1) is 56.2 Å². The van der Waals surface area contributed by atoms with Crippen molar-refractivity contribution in [1.82, 2.24) is 4.90 Å². The van der Waals surface area contributed by atoms with Crippen molar-refractivity contribution in [2.45, 2.75) is 57.6 Å². The predicted octanol–water partition coefficient (Wildman–Crippen LogP) is 4.62. The molecule has 2 fully saturated rings. The van der Waals surface area contributed by atoms with E-state index in [2.05, 4.69) is 24.8 Å². The normalized spacial score (nSPS) is 28.4. The molecule has 2 saturated heterocycles. The highest BCUT2D eigenvalue weighted by Crippen LogP contribution is 2.53. The van der Waals surface area contributed by atoms with Crippen molar-refractivity contribution >= 4 is 17.4 Å². The monoisotopic (exact) mass is 470 g/mol. The van der Waals surface area contributed by atoms with Crippen molar-refractivity contribution in [3.8, 4) is 5.75 Å². The van der Waals surface area contributed by atoms with Crippen LogP contribution in [0, 0.1) is 11.8 Å². The number of fused-ring (bicyclic) bond motifs is 5. The van der Waals surface area contributed by atoms with Crippen LogP contribution in [0.1, 0.15) is 51.5 Å². The Morgan fingerprint density at radius 2 is 2.09 bits per heavy atom. The van der Waals surface area contributed by atoms with E-state index in [9.17, 15) is 4.79 Å². The van der Waals surface area contributed by atoms with Gasteiger partial charge in [-0.25, -0.2) is 4.79 Å². The third kappa shape index (κ3) is 4.13. The van der Waals surface area contributed by atoms with E-state index in [1.54, 1.807) is 20.5 Å². The molecule has 3 aliphatic heterocycles. The summed E-state index contributed by atoms with van der Waals surface area (Å²) in [5.41, 5.74) is 3.06. The van der Waals surface area contributed by atoms with E-state index in [-0.39, 0.29) is 17.9 Å². The van der Waals surface area contributed by atoms with Gasteiger partial charge in [0, 0.05) is 19.7 Å². The molecule has 34 heavy (non-hydrogen) atoms. The second-order valence-corrected chi connectivity index (χ2v) is 9.45. The molecule has 0 unspecified atom stereocenters. The van der Waals surface area contributed by atoms with Gasteiger partial charge in [0.2, 0.25) is 0 Å². The highest BCUT2D eigenvalue weighted by molar-refractivity contribution is 6.05. The number of methoxy groups -OCH3 is 3. The zero-order chi connectivity index (χ0) is 24.3. The van der Waals surface area contributed by atoms with Gasteiger partial charge in [-0.2, -0.15) is 0 Å². The zero-order valence-electron chi connectivity index (χ0n) is 21.1. The number of carbonyl (C=O) groups is 1. The lowest BCUT2D eigenvalue weighted by molar-refractivity contribution is -0.137. The van der Waals surface area contributed by atoms with Crippen molar-refractivity contribution in [3.63, 3.8) is 0 Å². The molecule has 0 bridgehead atoms. The Morgan fingerprint density at radius 1 is 1.26 bits per heavy atom. The minimum atomic E-state index is -0.585. The maximum absolute atomic E-state index is 12.7. The minimum Gasteiger partial charge on any atom is -0.504 e. The van der Waals surface area contributed by atoms with Gasteiger partial charge in [-0.15, -0.1) is 0 Å². The maximum Gasteiger partial charge on any atom is 0.337 e. The molecule has 3 aliphatic rings. The molecule has 7 heteroatoms. The molecule has 3 heterocycles. The van der Waals surface area contributed by atoms with Crippen LogP contribution in [0.25, 0.3) is 0 Å². The number of hydrogen-bond acceptors (Lipinski definition) is 7. The summed E-state index contributed by atoms with van der Waals surface area (Å²) < 4.78 is 23.0. The van der Waals surface area contributed by atoms with Gasteiger partial charge in [-0.05, 0) is 43.2 Å². The van der Waals surface area contributed by atoms with Gasteiger partial charge >= 0.3 is 5.97 Å². The average molecular weight is 471 g/mol. The molecule has 0 amide bonds. The van der Waals surface area contributed by atoms with Gasteiger partial charge in [0.1, 0.15) is 11.4 Å². The molecule has 0 spiro atoms. The Balaban J connectivity index is 1.75. The van der Waals surface area contributed by atoms with Crippen LogP contribution in [0.15, 0.2) is 35.0 Å². The molecule has 4 atom stereocenters. The van der Waals surface area contributed by atoms with Crippen LogP contribution in [0.3, 0.4) is 0 Å². The highest BCUT2D eigenvalue weighted by atomic mass is 16.5. The molecule has 4 rings (SSSR count). The Hall–Kier alpha value is -2.38. The lowest BCUT2D eigenvalue weighted by atomic mass is 9.70. The molecular formula is C27H38N2O5. The van der Waals surface area contributed by atoms with Crippen molar-refractivity contribution in [2.75, 3.05) is 41.0 Å². The molecule has 0 saturated carbocycles. The zero-order valence-corrected chi connectivity index (χ0v) is 21.1. The van der Waals surface area contributed by atoms with E-state index in [1.807, 2.05) is 12.1 Å². The summed E-state index contributed by atoms with van der Waals surface area (Å²) in [6, 6.07) is 6.12. The second kappa shape index (κ2) is 10.5. The lowest BCUT2D eigenvalue weighted by Gasteiger charge is -2.51. The summed E-state index contributed by atoms with van der Waals surface area (Å²) >= 11 is 0. The highest BCUT2D eigenvalue weighted by Gasteiger charge is 2.56. The third-order valence-corrected chi connectivity index (χ3v) is 7.74. The average Bonchev–Trinajstić information content (AvgIpc) is 3.21. The fraction of sp³-hybridized carbons (Fsp3) is 0.630. The number of unbranched alkanes of at least 4 members (excludes halogenated alkanes) is 1. The van der Waals surface area contributed by atoms with Gasteiger partial charge in [0.15, 0.2) is 0 Å².